The van der Waals surface area contributed by atoms with Gasteiger partial charge in [0.05, 0.1) is 13.2 Å². The molecule has 0 rings (SSSR count). The fourth-order valence-electron chi connectivity index (χ4n) is 4.58. The van der Waals surface area contributed by atoms with Gasteiger partial charge in [-0.1, -0.05) is 121 Å². The Hall–Kier alpha value is -1.77. The number of allylic oxidation sites excluding steroid dienone is 6. The van der Waals surface area contributed by atoms with Crippen molar-refractivity contribution in [3.8, 4) is 0 Å². The number of esters is 2. The third kappa shape index (κ3) is 32.2. The molecule has 0 aromatic carbocycles. The lowest BCUT2D eigenvalue weighted by Crippen LogP contribution is -2.29. The Morgan fingerprint density at radius 1 is 0.652 bits per heavy atom. The van der Waals surface area contributed by atoms with E-state index in [9.17, 15) is 19.0 Å². The van der Waals surface area contributed by atoms with Gasteiger partial charge in [-0.25, -0.2) is 4.57 Å². The molecule has 0 aromatic heterocycles. The Balaban J connectivity index is 4.32. The van der Waals surface area contributed by atoms with Gasteiger partial charge in [-0.2, -0.15) is 0 Å². The summed E-state index contributed by atoms with van der Waals surface area (Å²) < 4.78 is 32.5. The number of carbonyl (C=O) groups excluding carboxylic acids is 2. The number of unbranched alkanes of at least 4 members (excludes halogenated alkanes) is 14. The molecular weight excluding hydrogens is 605 g/mol. The van der Waals surface area contributed by atoms with Crippen LogP contribution in [0.1, 0.15) is 149 Å². The van der Waals surface area contributed by atoms with E-state index in [1.807, 2.05) is 0 Å². The smallest absolute Gasteiger partial charge is 0.462 e. The minimum absolute atomic E-state index is 0.0484. The highest BCUT2D eigenvalue weighted by Crippen LogP contribution is 2.43. The van der Waals surface area contributed by atoms with E-state index in [0.717, 1.165) is 51.4 Å². The van der Waals surface area contributed by atoms with E-state index in [0.29, 0.717) is 12.8 Å². The van der Waals surface area contributed by atoms with Crippen LogP contribution in [0.4, 0.5) is 0 Å². The van der Waals surface area contributed by atoms with Crippen LogP contribution in [-0.4, -0.2) is 49.3 Å². The van der Waals surface area contributed by atoms with Gasteiger partial charge in [0.15, 0.2) is 6.10 Å². The highest BCUT2D eigenvalue weighted by Gasteiger charge is 2.25. The molecule has 3 N–H and O–H groups in total. The van der Waals surface area contributed by atoms with Crippen LogP contribution in [-0.2, 0) is 32.7 Å². The largest absolute Gasteiger partial charge is 0.472 e. The van der Waals surface area contributed by atoms with Crippen molar-refractivity contribution in [2.75, 3.05) is 26.4 Å². The summed E-state index contributed by atoms with van der Waals surface area (Å²) in [5.41, 5.74) is 5.31. The number of hydrogen-bond acceptors (Lipinski definition) is 8. The Bertz CT molecular complexity index is 861. The van der Waals surface area contributed by atoms with Crippen molar-refractivity contribution in [1.82, 2.24) is 0 Å². The van der Waals surface area contributed by atoms with Gasteiger partial charge in [0.2, 0.25) is 0 Å². The summed E-state index contributed by atoms with van der Waals surface area (Å²) in [5.74, 6) is -0.877. The van der Waals surface area contributed by atoms with E-state index >= 15 is 0 Å². The maximum atomic E-state index is 12.4. The van der Waals surface area contributed by atoms with E-state index in [4.69, 9.17) is 24.3 Å². The van der Waals surface area contributed by atoms with Crippen molar-refractivity contribution >= 4 is 19.8 Å². The first-order valence-electron chi connectivity index (χ1n) is 18.0. The summed E-state index contributed by atoms with van der Waals surface area (Å²) in [5, 5.41) is 0. The van der Waals surface area contributed by atoms with Crippen LogP contribution in [0, 0.1) is 0 Å². The molecule has 0 fully saturated rings. The third-order valence-corrected chi connectivity index (χ3v) is 8.26. The van der Waals surface area contributed by atoms with E-state index in [1.165, 1.54) is 57.8 Å². The Morgan fingerprint density at radius 3 is 1.72 bits per heavy atom. The quantitative estimate of drug-likeness (QED) is 0.0303. The van der Waals surface area contributed by atoms with Gasteiger partial charge in [0, 0.05) is 19.4 Å². The van der Waals surface area contributed by atoms with E-state index in [-0.39, 0.29) is 32.6 Å². The topological polar surface area (TPSA) is 134 Å². The van der Waals surface area contributed by atoms with Crippen LogP contribution >= 0.6 is 7.82 Å². The minimum atomic E-state index is -4.37. The number of rotatable bonds is 33. The molecule has 0 saturated carbocycles. The minimum Gasteiger partial charge on any atom is -0.462 e. The lowest BCUT2D eigenvalue weighted by molar-refractivity contribution is -0.161. The van der Waals surface area contributed by atoms with Crippen molar-refractivity contribution in [1.29, 1.82) is 0 Å². The molecule has 0 amide bonds. The number of phosphoric ester groups is 1. The van der Waals surface area contributed by atoms with Crippen LogP contribution < -0.4 is 5.73 Å². The summed E-state index contributed by atoms with van der Waals surface area (Å²) in [6, 6.07) is 0. The predicted molar refractivity (Wildman–Crippen MR) is 187 cm³/mol. The molecule has 0 radical (unpaired) electrons. The molecule has 0 saturated heterocycles. The SMILES string of the molecule is CCCCC/C=C\C/C=C\C/C=C\CCCCC(=O)OC[C@H](COP(=O)(O)OCCN)OC(=O)CCCCCCCCCCCC. The maximum absolute atomic E-state index is 12.4. The van der Waals surface area contributed by atoms with Crippen molar-refractivity contribution < 1.29 is 37.6 Å². The lowest BCUT2D eigenvalue weighted by atomic mass is 10.1. The molecule has 0 aliphatic carbocycles. The fourth-order valence-corrected chi connectivity index (χ4v) is 5.35. The zero-order chi connectivity index (χ0) is 34.0. The van der Waals surface area contributed by atoms with Gasteiger partial charge in [0.1, 0.15) is 6.61 Å². The zero-order valence-electron chi connectivity index (χ0n) is 29.0. The highest BCUT2D eigenvalue weighted by atomic mass is 31.2. The maximum Gasteiger partial charge on any atom is 0.472 e. The number of nitrogens with two attached hydrogens (primary N) is 1. The molecule has 0 aromatic rings. The summed E-state index contributed by atoms with van der Waals surface area (Å²) in [6.45, 7) is 3.62. The van der Waals surface area contributed by atoms with Crippen LogP contribution in [0.5, 0.6) is 0 Å². The van der Waals surface area contributed by atoms with Crippen molar-refractivity contribution in [2.45, 2.75) is 155 Å². The second-order valence-corrected chi connectivity index (χ2v) is 13.2. The molecule has 0 aliphatic heterocycles. The van der Waals surface area contributed by atoms with E-state index < -0.39 is 32.5 Å². The van der Waals surface area contributed by atoms with Crippen LogP contribution in [0.15, 0.2) is 36.5 Å². The van der Waals surface area contributed by atoms with Crippen molar-refractivity contribution in [3.05, 3.63) is 36.5 Å². The first-order valence-corrected chi connectivity index (χ1v) is 19.5. The molecule has 2 atom stereocenters. The van der Waals surface area contributed by atoms with Crippen LogP contribution in [0.25, 0.3) is 0 Å². The average molecular weight is 672 g/mol. The Morgan fingerprint density at radius 2 is 1.13 bits per heavy atom. The second-order valence-electron chi connectivity index (χ2n) is 11.7. The van der Waals surface area contributed by atoms with Gasteiger partial charge in [0.25, 0.3) is 0 Å². The zero-order valence-corrected chi connectivity index (χ0v) is 29.9. The highest BCUT2D eigenvalue weighted by molar-refractivity contribution is 7.47. The summed E-state index contributed by atoms with van der Waals surface area (Å²) in [6.07, 6.45) is 33.2. The second kappa shape index (κ2) is 33.1. The number of phosphoric acid groups is 1. The molecule has 0 heterocycles. The Kier molecular flexibility index (Phi) is 31.9. The van der Waals surface area contributed by atoms with Gasteiger partial charge < -0.3 is 20.1 Å². The molecule has 9 nitrogen and oxygen atoms in total. The van der Waals surface area contributed by atoms with E-state index in [1.54, 1.807) is 0 Å². The number of hydrogen-bond donors (Lipinski definition) is 2. The molecule has 1 unspecified atom stereocenters. The Labute approximate surface area is 280 Å². The number of ether oxygens (including phenoxy) is 2. The molecule has 0 spiro atoms. The lowest BCUT2D eigenvalue weighted by Gasteiger charge is -2.19. The predicted octanol–water partition coefficient (Wildman–Crippen LogP) is 9.43. The first-order chi connectivity index (χ1) is 22.3. The summed E-state index contributed by atoms with van der Waals surface area (Å²) >= 11 is 0. The molecule has 268 valence electrons. The summed E-state index contributed by atoms with van der Waals surface area (Å²) in [7, 11) is -4.37. The van der Waals surface area contributed by atoms with Gasteiger partial charge in [-0.15, -0.1) is 0 Å². The third-order valence-electron chi connectivity index (χ3n) is 7.28. The summed E-state index contributed by atoms with van der Waals surface area (Å²) in [4.78, 5) is 34.6. The molecule has 10 heteroatoms. The van der Waals surface area contributed by atoms with Crippen LogP contribution in [0.2, 0.25) is 0 Å². The molecular formula is C36H66NO8P. The first kappa shape index (κ1) is 44.2. The van der Waals surface area contributed by atoms with Crippen LogP contribution in [0.3, 0.4) is 0 Å². The molecule has 0 aliphatic rings. The van der Waals surface area contributed by atoms with Gasteiger partial charge in [-0.05, 0) is 51.4 Å². The standard InChI is InChI=1S/C36H66NO8P/c1-3-5-7-9-11-13-15-16-17-18-19-21-22-24-26-28-35(38)42-32-34(33-44-46(40,41)43-31-30-37)45-36(39)29-27-25-23-20-14-12-10-8-6-4-2/h11,13,16-17,19,21,34H,3-10,12,14-15,18,20,22-33,37H2,1-2H3,(H,40,41)/b13-11-,17-16-,21-19-/t34-/m1/s1. The van der Waals surface area contributed by atoms with Crippen molar-refractivity contribution in [2.24, 2.45) is 5.73 Å². The molecule has 46 heavy (non-hydrogen) atoms. The van der Waals surface area contributed by atoms with Gasteiger partial charge >= 0.3 is 19.8 Å². The van der Waals surface area contributed by atoms with Gasteiger partial charge in [-0.3, -0.25) is 18.6 Å². The normalized spacial score (nSPS) is 13.9. The van der Waals surface area contributed by atoms with Crippen molar-refractivity contribution in [3.63, 3.8) is 0 Å². The monoisotopic (exact) mass is 671 g/mol. The molecule has 0 bridgehead atoms. The fraction of sp³-hybridized carbons (Fsp3) is 0.778. The number of carbonyl (C=O) groups is 2. The average Bonchev–Trinajstić information content (AvgIpc) is 3.04. The van der Waals surface area contributed by atoms with E-state index in [2.05, 4.69) is 50.3 Å².